The molecule has 0 saturated carbocycles. The maximum atomic E-state index is 12.4. The Morgan fingerprint density at radius 1 is 0.771 bits per heavy atom. The Balaban J connectivity index is 4.65. The van der Waals surface area contributed by atoms with Crippen LogP contribution < -0.4 is 33.2 Å². The summed E-state index contributed by atoms with van der Waals surface area (Å²) in [4.78, 5) is 47.5. The van der Waals surface area contributed by atoms with Crippen molar-refractivity contribution in [2.45, 2.75) is 78.8 Å². The molecule has 0 heterocycles. The Kier molecular flexibility index (Phi) is 17.3. The third-order valence-corrected chi connectivity index (χ3v) is 5.95. The van der Waals surface area contributed by atoms with Crippen LogP contribution in [0.15, 0.2) is 34.9 Å². The lowest BCUT2D eigenvalue weighted by atomic mass is 10.1. The van der Waals surface area contributed by atoms with Gasteiger partial charge in [0, 0.05) is 18.4 Å². The molecule has 10 nitrogen and oxygen atoms in total. The summed E-state index contributed by atoms with van der Waals surface area (Å²) >= 11 is 1.47. The molecule has 4 amide bonds. The lowest BCUT2D eigenvalue weighted by Gasteiger charge is -2.19. The van der Waals surface area contributed by atoms with Gasteiger partial charge in [0.1, 0.15) is 12.1 Å². The molecule has 0 aliphatic heterocycles. The van der Waals surface area contributed by atoms with Crippen LogP contribution in [0.25, 0.3) is 0 Å². The first-order chi connectivity index (χ1) is 16.5. The molecule has 0 spiro atoms. The van der Waals surface area contributed by atoms with Crippen LogP contribution in [0.1, 0.15) is 66.7 Å². The summed E-state index contributed by atoms with van der Waals surface area (Å²) in [7, 11) is 0. The average Bonchev–Trinajstić information content (AvgIpc) is 2.78. The molecule has 0 radical (unpaired) electrons. The van der Waals surface area contributed by atoms with Gasteiger partial charge in [-0.05, 0) is 53.4 Å². The van der Waals surface area contributed by atoms with Crippen molar-refractivity contribution in [3.05, 3.63) is 34.9 Å². The van der Waals surface area contributed by atoms with Crippen LogP contribution in [0.3, 0.4) is 0 Å². The van der Waals surface area contributed by atoms with Crippen LogP contribution in [0.4, 0.5) is 0 Å². The summed E-state index contributed by atoms with van der Waals surface area (Å²) in [5.41, 5.74) is 7.92. The smallest absolute Gasteiger partial charge is 0.257 e. The minimum absolute atomic E-state index is 0.288. The van der Waals surface area contributed by atoms with Crippen LogP contribution in [0.5, 0.6) is 0 Å². The predicted octanol–water partition coefficient (Wildman–Crippen LogP) is 1.50. The van der Waals surface area contributed by atoms with Gasteiger partial charge in [-0.25, -0.2) is 11.7 Å². The van der Waals surface area contributed by atoms with E-state index in [0.717, 1.165) is 25.7 Å². The van der Waals surface area contributed by atoms with Crippen LogP contribution in [-0.4, -0.2) is 47.2 Å². The highest BCUT2D eigenvalue weighted by atomic mass is 32.2. The Morgan fingerprint density at radius 2 is 1.31 bits per heavy atom. The molecule has 0 aliphatic rings. The molecule has 0 unspecified atom stereocenters. The van der Waals surface area contributed by atoms with E-state index in [1.807, 2.05) is 10.9 Å². The Morgan fingerprint density at radius 3 is 1.86 bits per heavy atom. The third-order valence-electron chi connectivity index (χ3n) is 4.98. The Labute approximate surface area is 213 Å². The highest BCUT2D eigenvalue weighted by Gasteiger charge is 2.25. The zero-order chi connectivity index (χ0) is 26.8. The van der Waals surface area contributed by atoms with E-state index >= 15 is 0 Å². The van der Waals surface area contributed by atoms with Gasteiger partial charge < -0.3 is 10.6 Å². The molecule has 0 fully saturated rings. The van der Waals surface area contributed by atoms with E-state index in [2.05, 4.69) is 56.6 Å². The fraction of sp³-hybridized carbons (Fsp3) is 0.583. The van der Waals surface area contributed by atoms with Crippen LogP contribution >= 0.6 is 11.8 Å². The van der Waals surface area contributed by atoms with Crippen molar-refractivity contribution >= 4 is 35.4 Å². The summed E-state index contributed by atoms with van der Waals surface area (Å²) < 4.78 is 0. The largest absolute Gasteiger partial charge is 0.344 e. The van der Waals surface area contributed by atoms with Crippen LogP contribution in [0.2, 0.25) is 0 Å². The number of amides is 4. The van der Waals surface area contributed by atoms with E-state index in [0.29, 0.717) is 5.75 Å². The highest BCUT2D eigenvalue weighted by Crippen LogP contribution is 2.13. The quantitative estimate of drug-likeness (QED) is 0.0601. The summed E-state index contributed by atoms with van der Waals surface area (Å²) in [5, 5.41) is 4.90. The van der Waals surface area contributed by atoms with Crippen molar-refractivity contribution in [1.29, 1.82) is 0 Å². The van der Waals surface area contributed by atoms with Gasteiger partial charge in [-0.15, -0.1) is 0 Å². The molecule has 8 N–H and O–H groups in total. The number of nitrogens with one attached hydrogen (secondary N) is 4. The molecule has 198 valence electrons. The monoisotopic (exact) mass is 510 g/mol. The maximum absolute atomic E-state index is 12.4. The van der Waals surface area contributed by atoms with Crippen molar-refractivity contribution in [2.24, 2.45) is 11.7 Å². The van der Waals surface area contributed by atoms with E-state index in [1.54, 1.807) is 0 Å². The van der Waals surface area contributed by atoms with Gasteiger partial charge >= 0.3 is 0 Å². The molecule has 35 heavy (non-hydrogen) atoms. The van der Waals surface area contributed by atoms with Gasteiger partial charge in [0.25, 0.3) is 11.8 Å². The number of carbonyl (C=O) groups excluding carboxylic acids is 4. The molecular formula is C24H42N6O4S. The molecule has 0 aliphatic carbocycles. The minimum atomic E-state index is -1.15. The van der Waals surface area contributed by atoms with Gasteiger partial charge in [0.05, 0.1) is 6.42 Å². The van der Waals surface area contributed by atoms with E-state index in [9.17, 15) is 19.2 Å². The second-order valence-corrected chi connectivity index (χ2v) is 9.67. The minimum Gasteiger partial charge on any atom is -0.344 e. The first-order valence-corrected chi connectivity index (χ1v) is 12.7. The number of allylic oxidation sites excluding steroid dienone is 5. The molecular weight excluding hydrogens is 468 g/mol. The van der Waals surface area contributed by atoms with Crippen molar-refractivity contribution in [3.63, 3.8) is 0 Å². The molecule has 0 aromatic rings. The van der Waals surface area contributed by atoms with Crippen molar-refractivity contribution < 1.29 is 19.2 Å². The molecule has 0 bridgehead atoms. The molecule has 11 heteroatoms. The molecule has 0 aromatic carbocycles. The van der Waals surface area contributed by atoms with Crippen molar-refractivity contribution in [2.75, 3.05) is 11.5 Å². The number of nitrogens with two attached hydrogens (primary N) is 2. The average molecular weight is 511 g/mol. The topological polar surface area (TPSA) is 168 Å². The SMILES string of the molecule is CC(=O)N[C@@H](CC(=O)N[C@@H](CSCC=C(C)CCC=C(C)CCC=C(C)C)C(=O)NN)C(=O)NN. The number of hydrogen-bond acceptors (Lipinski definition) is 7. The maximum Gasteiger partial charge on any atom is 0.257 e. The normalized spacial score (nSPS) is 13.3. The number of hydrazine groups is 2. The van der Waals surface area contributed by atoms with Gasteiger partial charge in [0.2, 0.25) is 11.8 Å². The third kappa shape index (κ3) is 16.6. The van der Waals surface area contributed by atoms with Crippen LogP contribution in [-0.2, 0) is 19.2 Å². The van der Waals surface area contributed by atoms with Crippen molar-refractivity contribution in [1.82, 2.24) is 21.5 Å². The van der Waals surface area contributed by atoms with Crippen LogP contribution in [0, 0.1) is 0 Å². The highest BCUT2D eigenvalue weighted by molar-refractivity contribution is 7.99. The second kappa shape index (κ2) is 18.7. The number of hydrogen-bond donors (Lipinski definition) is 6. The van der Waals surface area contributed by atoms with Gasteiger partial charge in [0.15, 0.2) is 0 Å². The summed E-state index contributed by atoms with van der Waals surface area (Å²) in [5.74, 6) is 8.94. The van der Waals surface area contributed by atoms with Gasteiger partial charge in [-0.1, -0.05) is 34.9 Å². The molecule has 0 aromatic heterocycles. The molecule has 0 saturated heterocycles. The zero-order valence-corrected chi connectivity index (χ0v) is 22.3. The second-order valence-electron chi connectivity index (χ2n) is 8.59. The summed E-state index contributed by atoms with van der Waals surface area (Å²) in [6, 6.07) is -2.04. The van der Waals surface area contributed by atoms with E-state index in [4.69, 9.17) is 11.7 Å². The standard InChI is InChI=1S/C24H42N6O4S/c1-16(2)8-6-9-17(3)10-7-11-18(4)12-13-35-15-21(24(34)30-26)28-22(32)14-20(23(33)29-25)27-19(5)31/h8,10,12,20-21H,6-7,9,11,13-15,25-26H2,1-5H3,(H,27,31)(H,28,32)(H,29,33)(H,30,34)/t20-,21-/m0/s1. The van der Waals surface area contributed by atoms with E-state index < -0.39 is 35.7 Å². The fourth-order valence-electron chi connectivity index (χ4n) is 3.00. The number of rotatable bonds is 16. The number of carbonyl (C=O) groups is 4. The Hall–Kier alpha value is -2.63. The Bertz CT molecular complexity index is 806. The summed E-state index contributed by atoms with van der Waals surface area (Å²) in [6.07, 6.45) is 10.3. The zero-order valence-electron chi connectivity index (χ0n) is 21.5. The lowest BCUT2D eigenvalue weighted by molar-refractivity contribution is -0.132. The van der Waals surface area contributed by atoms with E-state index in [1.165, 1.54) is 35.4 Å². The fourth-order valence-corrected chi connectivity index (χ4v) is 4.01. The first-order valence-electron chi connectivity index (χ1n) is 11.6. The van der Waals surface area contributed by atoms with Gasteiger partial charge in [-0.2, -0.15) is 11.8 Å². The van der Waals surface area contributed by atoms with Gasteiger partial charge in [-0.3, -0.25) is 30.0 Å². The molecule has 0 rings (SSSR count). The predicted molar refractivity (Wildman–Crippen MR) is 142 cm³/mol. The lowest BCUT2D eigenvalue weighted by Crippen LogP contribution is -2.54. The van der Waals surface area contributed by atoms with Crippen molar-refractivity contribution in [3.8, 4) is 0 Å². The first kappa shape index (κ1) is 32.4. The number of thioether (sulfide) groups is 1. The summed E-state index contributed by atoms with van der Waals surface area (Å²) in [6.45, 7) is 9.66. The molecule has 2 atom stereocenters. The van der Waals surface area contributed by atoms with E-state index in [-0.39, 0.29) is 12.2 Å².